The highest BCUT2D eigenvalue weighted by Gasteiger charge is 2.10. The number of aromatic nitrogens is 1. The lowest BCUT2D eigenvalue weighted by Gasteiger charge is -1.98. The van der Waals surface area contributed by atoms with Crippen molar-refractivity contribution in [3.63, 3.8) is 0 Å². The summed E-state index contributed by atoms with van der Waals surface area (Å²) < 4.78 is 5.65. The molecule has 0 aliphatic carbocycles. The molecule has 1 N–H and O–H groups in total. The highest BCUT2D eigenvalue weighted by molar-refractivity contribution is 5.84. The van der Waals surface area contributed by atoms with Gasteiger partial charge in [-0.3, -0.25) is 0 Å². The Morgan fingerprint density at radius 1 is 1.06 bits per heavy atom. The number of fused-ring (bicyclic) bond motifs is 1. The van der Waals surface area contributed by atoms with Crippen LogP contribution < -0.4 is 0 Å². The fourth-order valence-corrected chi connectivity index (χ4v) is 2.32. The molecule has 0 bridgehead atoms. The van der Waals surface area contributed by atoms with Crippen LogP contribution in [-0.4, -0.2) is 4.98 Å². The Morgan fingerprint density at radius 3 is 2.65 bits per heavy atom. The molecule has 0 saturated carbocycles. The Kier molecular flexibility index (Phi) is 2.29. The zero-order valence-electron chi connectivity index (χ0n) is 10.1. The maximum absolute atomic E-state index is 5.65. The Hall–Kier alpha value is -1.96. The SMILES string of the molecule is Cc1ccc(Cc2c(C)[nH]c3ccccc23)o1. The second kappa shape index (κ2) is 3.81. The molecule has 2 aromatic heterocycles. The molecule has 2 heterocycles. The van der Waals surface area contributed by atoms with Gasteiger partial charge in [-0.15, -0.1) is 0 Å². The largest absolute Gasteiger partial charge is 0.466 e. The summed E-state index contributed by atoms with van der Waals surface area (Å²) in [6.45, 7) is 4.09. The predicted molar refractivity (Wildman–Crippen MR) is 69.3 cm³/mol. The van der Waals surface area contributed by atoms with Crippen molar-refractivity contribution >= 4 is 10.9 Å². The summed E-state index contributed by atoms with van der Waals surface area (Å²) in [5.74, 6) is 1.99. The van der Waals surface area contributed by atoms with Gasteiger partial charge in [0.2, 0.25) is 0 Å². The lowest BCUT2D eigenvalue weighted by molar-refractivity contribution is 0.493. The molecule has 2 heteroatoms. The minimum Gasteiger partial charge on any atom is -0.466 e. The maximum Gasteiger partial charge on any atom is 0.108 e. The molecule has 0 unspecified atom stereocenters. The average Bonchev–Trinajstić information content (AvgIpc) is 2.85. The molecule has 0 saturated heterocycles. The lowest BCUT2D eigenvalue weighted by Crippen LogP contribution is -1.87. The normalized spacial score (nSPS) is 11.2. The number of hydrogen-bond donors (Lipinski definition) is 1. The van der Waals surface area contributed by atoms with E-state index < -0.39 is 0 Å². The molecular formula is C15H15NO. The number of para-hydroxylation sites is 1. The zero-order valence-corrected chi connectivity index (χ0v) is 10.1. The zero-order chi connectivity index (χ0) is 11.8. The number of aryl methyl sites for hydroxylation is 2. The number of nitrogens with one attached hydrogen (secondary N) is 1. The van der Waals surface area contributed by atoms with Crippen LogP contribution in [0.2, 0.25) is 0 Å². The van der Waals surface area contributed by atoms with Crippen LogP contribution in [0.5, 0.6) is 0 Å². The van der Waals surface area contributed by atoms with Gasteiger partial charge in [0.15, 0.2) is 0 Å². The van der Waals surface area contributed by atoms with Crippen molar-refractivity contribution in [1.29, 1.82) is 0 Å². The smallest absolute Gasteiger partial charge is 0.108 e. The van der Waals surface area contributed by atoms with Crippen LogP contribution in [0, 0.1) is 13.8 Å². The molecule has 3 aromatic rings. The van der Waals surface area contributed by atoms with Gasteiger partial charge in [-0.1, -0.05) is 18.2 Å². The Labute approximate surface area is 100 Å². The monoisotopic (exact) mass is 225 g/mol. The summed E-state index contributed by atoms with van der Waals surface area (Å²) in [6.07, 6.45) is 0.851. The van der Waals surface area contributed by atoms with E-state index in [0.717, 1.165) is 17.9 Å². The van der Waals surface area contributed by atoms with Gasteiger partial charge in [0, 0.05) is 23.0 Å². The van der Waals surface area contributed by atoms with E-state index in [4.69, 9.17) is 4.42 Å². The van der Waals surface area contributed by atoms with Crippen molar-refractivity contribution in [3.8, 4) is 0 Å². The third kappa shape index (κ3) is 1.76. The van der Waals surface area contributed by atoms with Crippen LogP contribution in [0.25, 0.3) is 10.9 Å². The molecule has 1 aromatic carbocycles. The van der Waals surface area contributed by atoms with E-state index in [1.165, 1.54) is 22.2 Å². The summed E-state index contributed by atoms with van der Waals surface area (Å²) in [7, 11) is 0. The first-order chi connectivity index (χ1) is 8.24. The minimum atomic E-state index is 0.851. The van der Waals surface area contributed by atoms with E-state index in [9.17, 15) is 0 Å². The summed E-state index contributed by atoms with van der Waals surface area (Å²) in [5, 5.41) is 1.29. The van der Waals surface area contributed by atoms with Crippen LogP contribution in [0.3, 0.4) is 0 Å². The minimum absolute atomic E-state index is 0.851. The van der Waals surface area contributed by atoms with Crippen molar-refractivity contribution in [3.05, 3.63) is 59.2 Å². The molecule has 17 heavy (non-hydrogen) atoms. The Morgan fingerprint density at radius 2 is 1.88 bits per heavy atom. The number of benzene rings is 1. The topological polar surface area (TPSA) is 28.9 Å². The van der Waals surface area contributed by atoms with Crippen LogP contribution in [0.1, 0.15) is 22.8 Å². The third-order valence-electron chi connectivity index (χ3n) is 3.17. The van der Waals surface area contributed by atoms with Gasteiger partial charge in [-0.2, -0.15) is 0 Å². The molecule has 0 spiro atoms. The summed E-state index contributed by atoms with van der Waals surface area (Å²) in [5.41, 5.74) is 3.75. The fraction of sp³-hybridized carbons (Fsp3) is 0.200. The molecule has 0 atom stereocenters. The second-order valence-electron chi connectivity index (χ2n) is 4.46. The molecule has 2 nitrogen and oxygen atoms in total. The van der Waals surface area contributed by atoms with Crippen molar-refractivity contribution in [2.75, 3.05) is 0 Å². The number of hydrogen-bond acceptors (Lipinski definition) is 1. The number of rotatable bonds is 2. The molecule has 0 aliphatic heterocycles. The first-order valence-electron chi connectivity index (χ1n) is 5.85. The van der Waals surface area contributed by atoms with Crippen molar-refractivity contribution in [2.24, 2.45) is 0 Å². The number of aromatic amines is 1. The predicted octanol–water partition coefficient (Wildman–Crippen LogP) is 3.97. The maximum atomic E-state index is 5.65. The van der Waals surface area contributed by atoms with Crippen LogP contribution in [-0.2, 0) is 6.42 Å². The number of H-pyrrole nitrogens is 1. The standard InChI is InChI=1S/C15H15NO/c1-10-7-8-12(17-10)9-14-11(2)16-15-6-4-3-5-13(14)15/h3-8,16H,9H2,1-2H3. The molecule has 3 rings (SSSR count). The highest BCUT2D eigenvalue weighted by Crippen LogP contribution is 2.25. The summed E-state index contributed by atoms with van der Waals surface area (Å²) in [4.78, 5) is 3.41. The van der Waals surface area contributed by atoms with Gasteiger partial charge in [0.1, 0.15) is 11.5 Å². The van der Waals surface area contributed by atoms with E-state index in [-0.39, 0.29) is 0 Å². The van der Waals surface area contributed by atoms with Gasteiger partial charge in [0.05, 0.1) is 0 Å². The van der Waals surface area contributed by atoms with E-state index in [2.05, 4.69) is 42.2 Å². The molecular weight excluding hydrogens is 210 g/mol. The van der Waals surface area contributed by atoms with Gasteiger partial charge in [-0.05, 0) is 37.6 Å². The first kappa shape index (κ1) is 10.2. The molecule has 0 amide bonds. The van der Waals surface area contributed by atoms with Crippen LogP contribution >= 0.6 is 0 Å². The number of furan rings is 1. The molecule has 0 fully saturated rings. The van der Waals surface area contributed by atoms with E-state index in [0.29, 0.717) is 0 Å². The van der Waals surface area contributed by atoms with Crippen molar-refractivity contribution < 1.29 is 4.42 Å². The molecule has 0 aliphatic rings. The van der Waals surface area contributed by atoms with E-state index >= 15 is 0 Å². The van der Waals surface area contributed by atoms with Crippen molar-refractivity contribution in [2.45, 2.75) is 20.3 Å². The molecule has 86 valence electrons. The molecule has 0 radical (unpaired) electrons. The van der Waals surface area contributed by atoms with Gasteiger partial charge < -0.3 is 9.40 Å². The van der Waals surface area contributed by atoms with Crippen LogP contribution in [0.4, 0.5) is 0 Å². The summed E-state index contributed by atoms with van der Waals surface area (Å²) >= 11 is 0. The highest BCUT2D eigenvalue weighted by atomic mass is 16.3. The first-order valence-corrected chi connectivity index (χ1v) is 5.85. The van der Waals surface area contributed by atoms with E-state index in [1.807, 2.05) is 13.0 Å². The van der Waals surface area contributed by atoms with Gasteiger partial charge in [0.25, 0.3) is 0 Å². The van der Waals surface area contributed by atoms with Crippen LogP contribution in [0.15, 0.2) is 40.8 Å². The second-order valence-corrected chi connectivity index (χ2v) is 4.46. The van der Waals surface area contributed by atoms with E-state index in [1.54, 1.807) is 0 Å². The quantitative estimate of drug-likeness (QED) is 0.702. The fourth-order valence-electron chi connectivity index (χ4n) is 2.32. The summed E-state index contributed by atoms with van der Waals surface area (Å²) in [6, 6.07) is 12.5. The average molecular weight is 225 g/mol. The van der Waals surface area contributed by atoms with Gasteiger partial charge >= 0.3 is 0 Å². The lowest BCUT2D eigenvalue weighted by atomic mass is 10.1. The Balaban J connectivity index is 2.08. The Bertz CT molecular complexity index is 660. The van der Waals surface area contributed by atoms with Gasteiger partial charge in [-0.25, -0.2) is 0 Å². The third-order valence-corrected chi connectivity index (χ3v) is 3.17. The van der Waals surface area contributed by atoms with Crippen molar-refractivity contribution in [1.82, 2.24) is 4.98 Å².